The molecule has 3 rings (SSSR count). The Labute approximate surface area is 217 Å². The number of aryl methyl sites for hydroxylation is 1. The molecule has 1 N–H and O–H groups in total. The van der Waals surface area contributed by atoms with Crippen molar-refractivity contribution in [1.82, 2.24) is 9.73 Å². The monoisotopic (exact) mass is 525 g/mol. The summed E-state index contributed by atoms with van der Waals surface area (Å²) in [6, 6.07) is 18.9. The van der Waals surface area contributed by atoms with Gasteiger partial charge in [0.25, 0.3) is 5.91 Å². The third kappa shape index (κ3) is 7.31. The highest BCUT2D eigenvalue weighted by Gasteiger charge is 2.27. The molecule has 3 aromatic carbocycles. The number of sulfonamides is 1. The van der Waals surface area contributed by atoms with Gasteiger partial charge >= 0.3 is 0 Å². The van der Waals surface area contributed by atoms with Gasteiger partial charge in [0, 0.05) is 6.54 Å². The summed E-state index contributed by atoms with van der Waals surface area (Å²) in [4.78, 5) is 12.8. The van der Waals surface area contributed by atoms with Crippen molar-refractivity contribution in [3.8, 4) is 17.2 Å². The highest BCUT2D eigenvalue weighted by Crippen LogP contribution is 2.27. The largest absolute Gasteiger partial charge is 0.496 e. The van der Waals surface area contributed by atoms with E-state index in [1.165, 1.54) is 32.6 Å². The van der Waals surface area contributed by atoms with Crippen LogP contribution >= 0.6 is 0 Å². The van der Waals surface area contributed by atoms with Crippen molar-refractivity contribution in [3.05, 3.63) is 83.4 Å². The minimum Gasteiger partial charge on any atom is -0.496 e. The lowest BCUT2D eigenvalue weighted by Crippen LogP contribution is -2.39. The number of benzene rings is 3. The van der Waals surface area contributed by atoms with E-state index in [4.69, 9.17) is 14.2 Å². The molecular formula is C27H31N3O6S. The van der Waals surface area contributed by atoms with Crippen molar-refractivity contribution in [2.45, 2.75) is 25.3 Å². The lowest BCUT2D eigenvalue weighted by atomic mass is 10.2. The molecule has 0 atom stereocenters. The maximum absolute atomic E-state index is 13.5. The van der Waals surface area contributed by atoms with Crippen LogP contribution in [0.2, 0.25) is 0 Å². The summed E-state index contributed by atoms with van der Waals surface area (Å²) in [6.45, 7) is 3.73. The molecule has 10 heteroatoms. The predicted octanol–water partition coefficient (Wildman–Crippen LogP) is 3.75. The van der Waals surface area contributed by atoms with Crippen molar-refractivity contribution < 1.29 is 27.4 Å². The number of ether oxygens (including phenoxy) is 3. The quantitative estimate of drug-likeness (QED) is 0.285. The number of rotatable bonds is 12. The molecule has 0 spiro atoms. The molecule has 0 aliphatic carbocycles. The summed E-state index contributed by atoms with van der Waals surface area (Å²) >= 11 is 0. The van der Waals surface area contributed by atoms with Gasteiger partial charge in [-0.15, -0.1) is 0 Å². The summed E-state index contributed by atoms with van der Waals surface area (Å²) < 4.78 is 44.2. The zero-order valence-electron chi connectivity index (χ0n) is 21.3. The van der Waals surface area contributed by atoms with Crippen LogP contribution in [0.25, 0.3) is 0 Å². The van der Waals surface area contributed by atoms with Gasteiger partial charge in [0.15, 0.2) is 11.5 Å². The Bertz CT molecular complexity index is 1340. The van der Waals surface area contributed by atoms with E-state index in [-0.39, 0.29) is 11.4 Å². The van der Waals surface area contributed by atoms with Crippen molar-refractivity contribution in [2.75, 3.05) is 27.4 Å². The summed E-state index contributed by atoms with van der Waals surface area (Å²) in [5.41, 5.74) is 4.49. The Morgan fingerprint density at radius 2 is 1.68 bits per heavy atom. The molecule has 0 fully saturated rings. The normalized spacial score (nSPS) is 11.5. The Morgan fingerprint density at radius 3 is 2.32 bits per heavy atom. The van der Waals surface area contributed by atoms with Crippen LogP contribution in [0.4, 0.5) is 0 Å². The molecular weight excluding hydrogens is 494 g/mol. The van der Waals surface area contributed by atoms with E-state index >= 15 is 0 Å². The number of hydrazone groups is 1. The lowest BCUT2D eigenvalue weighted by molar-refractivity contribution is -0.121. The topological polar surface area (TPSA) is 107 Å². The van der Waals surface area contributed by atoms with Crippen LogP contribution in [0, 0.1) is 6.92 Å². The second-order valence-corrected chi connectivity index (χ2v) is 9.96. The molecule has 37 heavy (non-hydrogen) atoms. The van der Waals surface area contributed by atoms with Crippen molar-refractivity contribution in [2.24, 2.45) is 5.10 Å². The molecule has 9 nitrogen and oxygen atoms in total. The maximum Gasteiger partial charge on any atom is 0.255 e. The average Bonchev–Trinajstić information content (AvgIpc) is 2.89. The Hall–Kier alpha value is -3.89. The first kappa shape index (κ1) is 27.7. The summed E-state index contributed by atoms with van der Waals surface area (Å²) in [7, 11) is -0.949. The van der Waals surface area contributed by atoms with Gasteiger partial charge in [-0.1, -0.05) is 30.3 Å². The molecule has 0 heterocycles. The van der Waals surface area contributed by atoms with E-state index in [1.807, 2.05) is 25.1 Å². The molecule has 0 aliphatic heterocycles. The van der Waals surface area contributed by atoms with E-state index in [0.29, 0.717) is 35.0 Å². The minimum atomic E-state index is -4.00. The maximum atomic E-state index is 13.5. The molecule has 1 amide bonds. The molecule has 0 saturated carbocycles. The Kier molecular flexibility index (Phi) is 9.64. The second-order valence-electron chi connectivity index (χ2n) is 8.03. The highest BCUT2D eigenvalue weighted by molar-refractivity contribution is 7.89. The molecule has 0 bridgehead atoms. The number of methoxy groups -OCH3 is 2. The van der Waals surface area contributed by atoms with Crippen LogP contribution in [0.15, 0.2) is 76.7 Å². The van der Waals surface area contributed by atoms with Gasteiger partial charge < -0.3 is 14.2 Å². The van der Waals surface area contributed by atoms with Gasteiger partial charge in [0.1, 0.15) is 5.75 Å². The summed E-state index contributed by atoms with van der Waals surface area (Å²) in [5.74, 6) is 1.12. The second kappa shape index (κ2) is 12.9. The molecule has 196 valence electrons. The fourth-order valence-corrected chi connectivity index (χ4v) is 5.06. The van der Waals surface area contributed by atoms with E-state index < -0.39 is 22.5 Å². The molecule has 3 aromatic rings. The van der Waals surface area contributed by atoms with E-state index in [0.717, 1.165) is 9.87 Å². The first-order chi connectivity index (χ1) is 17.8. The molecule has 0 aromatic heterocycles. The number of nitrogens with one attached hydrogen (secondary N) is 1. The van der Waals surface area contributed by atoms with Gasteiger partial charge in [-0.3, -0.25) is 4.79 Å². The Morgan fingerprint density at radius 1 is 0.973 bits per heavy atom. The number of nitrogens with zero attached hydrogens (tertiary/aromatic N) is 2. The summed E-state index contributed by atoms with van der Waals surface area (Å²) in [6.07, 6.45) is 1.44. The fourth-order valence-electron chi connectivity index (χ4n) is 3.59. The number of hydrogen-bond donors (Lipinski definition) is 1. The minimum absolute atomic E-state index is 0.0154. The van der Waals surface area contributed by atoms with Crippen LogP contribution in [-0.4, -0.2) is 52.2 Å². The van der Waals surface area contributed by atoms with Crippen LogP contribution in [-0.2, 0) is 21.4 Å². The molecule has 0 radical (unpaired) electrons. The van der Waals surface area contributed by atoms with Crippen LogP contribution in [0.3, 0.4) is 0 Å². The predicted molar refractivity (Wildman–Crippen MR) is 142 cm³/mol. The van der Waals surface area contributed by atoms with Gasteiger partial charge in [-0.05, 0) is 66.9 Å². The third-order valence-corrected chi connectivity index (χ3v) is 7.20. The first-order valence-corrected chi connectivity index (χ1v) is 13.0. The highest BCUT2D eigenvalue weighted by atomic mass is 32.2. The first-order valence-electron chi connectivity index (χ1n) is 11.6. The number of hydrogen-bond acceptors (Lipinski definition) is 7. The van der Waals surface area contributed by atoms with Gasteiger partial charge in [0.05, 0.1) is 38.5 Å². The smallest absolute Gasteiger partial charge is 0.255 e. The van der Waals surface area contributed by atoms with Crippen molar-refractivity contribution in [3.63, 3.8) is 0 Å². The molecule has 0 aliphatic rings. The third-order valence-electron chi connectivity index (χ3n) is 5.42. The fraction of sp³-hybridized carbons (Fsp3) is 0.259. The lowest BCUT2D eigenvalue weighted by Gasteiger charge is -2.22. The molecule has 0 saturated heterocycles. The average molecular weight is 526 g/mol. The van der Waals surface area contributed by atoms with E-state index in [1.54, 1.807) is 43.3 Å². The Balaban J connectivity index is 1.78. The number of carbonyl (C=O) groups is 1. The SMILES string of the molecule is CCOc1ccc(/C=N/NC(=O)CN(Cc2ccccc2)S(=O)(=O)c2ccc(OC)c(C)c2)cc1OC. The zero-order valence-corrected chi connectivity index (χ0v) is 22.1. The summed E-state index contributed by atoms with van der Waals surface area (Å²) in [5, 5.41) is 3.99. The van der Waals surface area contributed by atoms with Crippen molar-refractivity contribution >= 4 is 22.1 Å². The van der Waals surface area contributed by atoms with Crippen molar-refractivity contribution in [1.29, 1.82) is 0 Å². The number of carbonyl (C=O) groups excluding carboxylic acids is 1. The van der Waals surface area contributed by atoms with Gasteiger partial charge in [0.2, 0.25) is 10.0 Å². The van der Waals surface area contributed by atoms with Gasteiger partial charge in [-0.25, -0.2) is 13.8 Å². The van der Waals surface area contributed by atoms with Crippen LogP contribution < -0.4 is 19.6 Å². The van der Waals surface area contributed by atoms with E-state index in [9.17, 15) is 13.2 Å². The number of amides is 1. The standard InChI is InChI=1S/C27H31N3O6S/c1-5-36-25-13-11-22(16-26(25)35-4)17-28-29-27(31)19-30(18-21-9-7-6-8-10-21)37(32,33)23-12-14-24(34-3)20(2)15-23/h6-17H,5,18-19H2,1-4H3,(H,29,31)/b28-17+. The molecule has 0 unspecified atom stereocenters. The van der Waals surface area contributed by atoms with Gasteiger partial charge in [-0.2, -0.15) is 9.41 Å². The van der Waals surface area contributed by atoms with Crippen LogP contribution in [0.5, 0.6) is 17.2 Å². The van der Waals surface area contributed by atoms with Crippen LogP contribution in [0.1, 0.15) is 23.6 Å². The zero-order chi connectivity index (χ0) is 26.8. The van der Waals surface area contributed by atoms with E-state index in [2.05, 4.69) is 10.5 Å².